The Morgan fingerprint density at radius 3 is 1.19 bits per heavy atom. The molecule has 0 aromatic heterocycles. The molecule has 0 atom stereocenters. The smallest absolute Gasteiger partial charge is 1.00 e. The average molecular weight is 317 g/mol. The van der Waals surface area contributed by atoms with E-state index in [1.54, 1.807) is 4.90 Å². The predicted molar refractivity (Wildman–Crippen MR) is 82.8 cm³/mol. The van der Waals surface area contributed by atoms with Crippen LogP contribution in [-0.4, -0.2) is 59.7 Å². The summed E-state index contributed by atoms with van der Waals surface area (Å²) in [6.45, 7) is 1.75. The topological polar surface area (TPSA) is 63.9 Å². The molecule has 2 aromatic carbocycles. The van der Waals surface area contributed by atoms with Gasteiger partial charge in [-0.2, -0.15) is 0 Å². The molecule has 0 aliphatic heterocycles. The number of nitrogens with zero attached hydrogens (tertiary/aromatic N) is 1. The van der Waals surface area contributed by atoms with Gasteiger partial charge in [0.1, 0.15) is 0 Å². The van der Waals surface area contributed by atoms with Crippen LogP contribution in [0.15, 0.2) is 48.5 Å². The fourth-order valence-electron chi connectivity index (χ4n) is 1.89. The van der Waals surface area contributed by atoms with Crippen LogP contribution in [0.1, 0.15) is 1.43 Å². The van der Waals surface area contributed by atoms with Crippen molar-refractivity contribution in [2.24, 2.45) is 0 Å². The number of rotatable bonds is 6. The molecule has 2 rings (SSSR count). The van der Waals surface area contributed by atoms with Gasteiger partial charge in [-0.05, 0) is 10.8 Å². The van der Waals surface area contributed by atoms with Crippen LogP contribution in [-0.2, 0) is 0 Å². The van der Waals surface area contributed by atoms with E-state index in [0.29, 0.717) is 19.6 Å². The molecule has 0 amide bonds. The maximum atomic E-state index is 8.48. The molecule has 0 bridgehead atoms. The summed E-state index contributed by atoms with van der Waals surface area (Å²) >= 11 is 0. The molecule has 0 saturated heterocycles. The second-order valence-electron chi connectivity index (χ2n) is 4.36. The van der Waals surface area contributed by atoms with Crippen molar-refractivity contribution in [3.05, 3.63) is 48.5 Å². The summed E-state index contributed by atoms with van der Waals surface area (Å²) in [6.07, 6.45) is 0. The molecule has 0 unspecified atom stereocenters. The number of hydrogen-bond acceptors (Lipinski definition) is 4. The van der Waals surface area contributed by atoms with Gasteiger partial charge in [-0.25, -0.2) is 0 Å². The van der Waals surface area contributed by atoms with Crippen LogP contribution in [0.5, 0.6) is 0 Å². The number of fused-ring (bicyclic) bond motifs is 1. The van der Waals surface area contributed by atoms with Gasteiger partial charge < -0.3 is 16.7 Å². The van der Waals surface area contributed by atoms with Crippen LogP contribution in [0.25, 0.3) is 10.8 Å². The number of aliphatic hydroxyl groups is 3. The molecule has 0 heterocycles. The molecule has 0 aliphatic rings. The minimum Gasteiger partial charge on any atom is -1.00 e. The second kappa shape index (κ2) is 13.8. The number of hydrogen-bond donors (Lipinski definition) is 3. The predicted octanol–water partition coefficient (Wildman–Crippen LogP) is -1.78. The normalized spacial score (nSPS) is 9.90. The van der Waals surface area contributed by atoms with E-state index in [0.717, 1.165) is 0 Å². The first kappa shape index (κ1) is 21.2. The van der Waals surface area contributed by atoms with E-state index in [-0.39, 0.29) is 72.6 Å². The maximum Gasteiger partial charge on any atom is 1.00 e. The first-order chi connectivity index (χ1) is 9.81. The fraction of sp³-hybridized carbons (Fsp3) is 0.375. The van der Waals surface area contributed by atoms with Gasteiger partial charge in [0, 0.05) is 19.6 Å². The van der Waals surface area contributed by atoms with Crippen LogP contribution < -0.4 is 51.4 Å². The van der Waals surface area contributed by atoms with Crippen molar-refractivity contribution in [1.82, 2.24) is 4.90 Å². The molecule has 0 saturated carbocycles. The standard InChI is InChI=1S/C10H8.C6H15NO3.K.H/c1-2-6-10-8-4-3-7-9(10)5-1;8-4-1-7(2-5-9)3-6-10;;/h1-8H;8-10H,1-6H2;;/q;;+1;-1. The van der Waals surface area contributed by atoms with Crippen LogP contribution in [0, 0.1) is 0 Å². The summed E-state index contributed by atoms with van der Waals surface area (Å²) in [5.41, 5.74) is 0. The summed E-state index contributed by atoms with van der Waals surface area (Å²) in [5, 5.41) is 28.1. The van der Waals surface area contributed by atoms with E-state index < -0.39 is 0 Å². The molecule has 2 aromatic rings. The van der Waals surface area contributed by atoms with E-state index in [1.165, 1.54) is 10.8 Å². The Morgan fingerprint density at radius 1 is 0.667 bits per heavy atom. The van der Waals surface area contributed by atoms with Crippen molar-refractivity contribution in [1.29, 1.82) is 0 Å². The molecule has 3 N–H and O–H groups in total. The van der Waals surface area contributed by atoms with E-state index in [9.17, 15) is 0 Å². The van der Waals surface area contributed by atoms with Gasteiger partial charge >= 0.3 is 51.4 Å². The Bertz CT molecular complexity index is 408. The summed E-state index contributed by atoms with van der Waals surface area (Å²) in [7, 11) is 0. The van der Waals surface area contributed by atoms with E-state index in [4.69, 9.17) is 15.3 Å². The van der Waals surface area contributed by atoms with Crippen molar-refractivity contribution in [2.75, 3.05) is 39.5 Å². The molecule has 5 heteroatoms. The zero-order valence-electron chi connectivity index (χ0n) is 13.7. The Hall–Kier alpha value is 0.176. The Balaban J connectivity index is 0. The van der Waals surface area contributed by atoms with Gasteiger partial charge in [-0.1, -0.05) is 48.5 Å². The van der Waals surface area contributed by atoms with Crippen LogP contribution >= 0.6 is 0 Å². The fourth-order valence-corrected chi connectivity index (χ4v) is 1.89. The SMILES string of the molecule is OCCN(CCO)CCO.[H-].[K+].c1ccc2ccccc2c1. The zero-order valence-corrected chi connectivity index (χ0v) is 15.8. The Labute approximate surface area is 170 Å². The maximum absolute atomic E-state index is 8.48. The quantitative estimate of drug-likeness (QED) is 0.552. The van der Waals surface area contributed by atoms with Gasteiger partial charge in [0.15, 0.2) is 0 Å². The minimum atomic E-state index is 0. The third kappa shape index (κ3) is 9.03. The van der Waals surface area contributed by atoms with Gasteiger partial charge in [0.25, 0.3) is 0 Å². The van der Waals surface area contributed by atoms with E-state index >= 15 is 0 Å². The van der Waals surface area contributed by atoms with Gasteiger partial charge in [-0.15, -0.1) is 0 Å². The summed E-state index contributed by atoms with van der Waals surface area (Å²) < 4.78 is 0. The van der Waals surface area contributed by atoms with Crippen molar-refractivity contribution in [3.8, 4) is 0 Å². The Morgan fingerprint density at radius 2 is 0.952 bits per heavy atom. The molecule has 21 heavy (non-hydrogen) atoms. The summed E-state index contributed by atoms with van der Waals surface area (Å²) in [4.78, 5) is 1.79. The minimum absolute atomic E-state index is 0. The van der Waals surface area contributed by atoms with Gasteiger partial charge in [0.2, 0.25) is 0 Å². The molecule has 0 spiro atoms. The third-order valence-electron chi connectivity index (χ3n) is 2.91. The zero-order chi connectivity index (χ0) is 14.6. The second-order valence-corrected chi connectivity index (χ2v) is 4.36. The average Bonchev–Trinajstić information content (AvgIpc) is 2.49. The molecule has 4 nitrogen and oxygen atoms in total. The molecular weight excluding hydrogens is 293 g/mol. The molecule has 0 radical (unpaired) electrons. The molecular formula is C16H24KNO3. The Kier molecular flexibility index (Phi) is 13.9. The number of benzene rings is 2. The first-order valence-electron chi connectivity index (χ1n) is 6.80. The van der Waals surface area contributed by atoms with Gasteiger partial charge in [0.05, 0.1) is 19.8 Å². The summed E-state index contributed by atoms with van der Waals surface area (Å²) in [6, 6.07) is 16.7. The van der Waals surface area contributed by atoms with Crippen LogP contribution in [0.3, 0.4) is 0 Å². The van der Waals surface area contributed by atoms with Gasteiger partial charge in [-0.3, -0.25) is 4.90 Å². The third-order valence-corrected chi connectivity index (χ3v) is 2.91. The first-order valence-corrected chi connectivity index (χ1v) is 6.80. The monoisotopic (exact) mass is 317 g/mol. The molecule has 0 fully saturated rings. The van der Waals surface area contributed by atoms with E-state index in [1.807, 2.05) is 0 Å². The van der Waals surface area contributed by atoms with Crippen LogP contribution in [0.2, 0.25) is 0 Å². The van der Waals surface area contributed by atoms with Crippen LogP contribution in [0.4, 0.5) is 0 Å². The van der Waals surface area contributed by atoms with E-state index in [2.05, 4.69) is 48.5 Å². The van der Waals surface area contributed by atoms with Crippen molar-refractivity contribution < 1.29 is 68.1 Å². The largest absolute Gasteiger partial charge is 1.00 e. The molecule has 0 aliphatic carbocycles. The number of aliphatic hydroxyl groups excluding tert-OH is 3. The van der Waals surface area contributed by atoms with Crippen molar-refractivity contribution in [3.63, 3.8) is 0 Å². The van der Waals surface area contributed by atoms with Crippen molar-refractivity contribution >= 4 is 10.8 Å². The summed E-state index contributed by atoms with van der Waals surface area (Å²) in [5.74, 6) is 0. The van der Waals surface area contributed by atoms with Crippen molar-refractivity contribution in [2.45, 2.75) is 0 Å². The molecule has 112 valence electrons.